The number of rotatable bonds is 4. The van der Waals surface area contributed by atoms with E-state index in [0.717, 1.165) is 41.9 Å². The van der Waals surface area contributed by atoms with Crippen LogP contribution < -0.4 is 10.2 Å². The summed E-state index contributed by atoms with van der Waals surface area (Å²) >= 11 is 0. The van der Waals surface area contributed by atoms with Gasteiger partial charge in [0.1, 0.15) is 5.52 Å². The molecule has 26 heavy (non-hydrogen) atoms. The zero-order chi connectivity index (χ0) is 18.1. The SMILES string of the molecule is CCn1nnc2cc(C(=O)Nc3ccc(N4CCCC4)cc3C)ccc21. The molecule has 0 saturated carbocycles. The summed E-state index contributed by atoms with van der Waals surface area (Å²) in [6.07, 6.45) is 2.51. The van der Waals surface area contributed by atoms with Crippen LogP contribution in [0.2, 0.25) is 0 Å². The highest BCUT2D eigenvalue weighted by Crippen LogP contribution is 2.26. The molecule has 1 N–H and O–H groups in total. The van der Waals surface area contributed by atoms with E-state index in [0.29, 0.717) is 5.56 Å². The maximum atomic E-state index is 12.7. The largest absolute Gasteiger partial charge is 0.372 e. The zero-order valence-corrected chi connectivity index (χ0v) is 15.2. The van der Waals surface area contributed by atoms with Gasteiger partial charge in [0.2, 0.25) is 0 Å². The van der Waals surface area contributed by atoms with E-state index in [-0.39, 0.29) is 5.91 Å². The average molecular weight is 349 g/mol. The Hall–Kier alpha value is -2.89. The van der Waals surface area contributed by atoms with Crippen molar-refractivity contribution >= 4 is 28.3 Å². The highest BCUT2D eigenvalue weighted by molar-refractivity contribution is 6.06. The molecule has 1 aromatic heterocycles. The highest BCUT2D eigenvalue weighted by Gasteiger charge is 2.15. The van der Waals surface area contributed by atoms with E-state index in [4.69, 9.17) is 0 Å². The summed E-state index contributed by atoms with van der Waals surface area (Å²) in [6.45, 7) is 7.03. The number of carbonyl (C=O) groups is 1. The molecule has 2 aromatic carbocycles. The van der Waals surface area contributed by atoms with Gasteiger partial charge in [0.15, 0.2) is 0 Å². The Bertz CT molecular complexity index is 956. The standard InChI is InChI=1S/C20H23N5O/c1-3-25-19-9-6-15(13-18(19)22-23-25)20(26)21-17-8-7-16(12-14(17)2)24-10-4-5-11-24/h6-9,12-13H,3-5,10-11H2,1-2H3,(H,21,26). The van der Waals surface area contributed by atoms with Crippen molar-refractivity contribution in [3.63, 3.8) is 0 Å². The lowest BCUT2D eigenvalue weighted by Crippen LogP contribution is -2.18. The molecular weight excluding hydrogens is 326 g/mol. The van der Waals surface area contributed by atoms with Crippen LogP contribution >= 0.6 is 0 Å². The Balaban J connectivity index is 1.54. The minimum absolute atomic E-state index is 0.130. The molecule has 6 heteroatoms. The molecule has 134 valence electrons. The number of nitrogens with zero attached hydrogens (tertiary/aromatic N) is 4. The smallest absolute Gasteiger partial charge is 0.255 e. The van der Waals surface area contributed by atoms with Gasteiger partial charge in [-0.05, 0) is 68.7 Å². The Morgan fingerprint density at radius 3 is 2.69 bits per heavy atom. The van der Waals surface area contributed by atoms with Gasteiger partial charge in [-0.15, -0.1) is 5.10 Å². The molecule has 1 aliphatic rings. The van der Waals surface area contributed by atoms with Crippen LogP contribution in [0.15, 0.2) is 36.4 Å². The van der Waals surface area contributed by atoms with Crippen LogP contribution in [0.25, 0.3) is 11.0 Å². The molecule has 0 spiro atoms. The van der Waals surface area contributed by atoms with Gasteiger partial charge in [-0.3, -0.25) is 4.79 Å². The van der Waals surface area contributed by atoms with Crippen LogP contribution in [-0.4, -0.2) is 34.0 Å². The van der Waals surface area contributed by atoms with Gasteiger partial charge < -0.3 is 10.2 Å². The summed E-state index contributed by atoms with van der Waals surface area (Å²) < 4.78 is 1.82. The quantitative estimate of drug-likeness (QED) is 0.781. The molecule has 3 aromatic rings. The molecule has 0 unspecified atom stereocenters. The third-order valence-corrected chi connectivity index (χ3v) is 5.01. The fourth-order valence-electron chi connectivity index (χ4n) is 3.50. The molecule has 0 bridgehead atoms. The van der Waals surface area contributed by atoms with Gasteiger partial charge in [-0.25, -0.2) is 4.68 Å². The first-order valence-electron chi connectivity index (χ1n) is 9.16. The third-order valence-electron chi connectivity index (χ3n) is 5.01. The summed E-state index contributed by atoms with van der Waals surface area (Å²) in [4.78, 5) is 15.0. The van der Waals surface area contributed by atoms with E-state index in [1.54, 1.807) is 6.07 Å². The number of amides is 1. The molecule has 4 rings (SSSR count). The molecule has 1 amide bonds. The van der Waals surface area contributed by atoms with E-state index in [9.17, 15) is 4.79 Å². The predicted molar refractivity (Wildman–Crippen MR) is 104 cm³/mol. The second-order valence-electron chi connectivity index (χ2n) is 6.76. The lowest BCUT2D eigenvalue weighted by molar-refractivity contribution is 0.102. The lowest BCUT2D eigenvalue weighted by atomic mass is 10.1. The maximum Gasteiger partial charge on any atom is 0.255 e. The zero-order valence-electron chi connectivity index (χ0n) is 15.2. The van der Waals surface area contributed by atoms with Crippen molar-refractivity contribution in [1.82, 2.24) is 15.0 Å². The monoisotopic (exact) mass is 349 g/mol. The summed E-state index contributed by atoms with van der Waals surface area (Å²) in [5.74, 6) is -0.130. The summed E-state index contributed by atoms with van der Waals surface area (Å²) in [5.41, 5.74) is 5.41. The Morgan fingerprint density at radius 1 is 1.15 bits per heavy atom. The van der Waals surface area contributed by atoms with Crippen LogP contribution in [0.5, 0.6) is 0 Å². The molecule has 1 fully saturated rings. The first kappa shape index (κ1) is 16.6. The number of aryl methyl sites for hydroxylation is 2. The number of aromatic nitrogens is 3. The first-order chi connectivity index (χ1) is 12.7. The normalized spacial score (nSPS) is 14.2. The molecule has 0 aliphatic carbocycles. The minimum Gasteiger partial charge on any atom is -0.372 e. The topological polar surface area (TPSA) is 63.1 Å². The number of anilines is 2. The van der Waals surface area contributed by atoms with E-state index < -0.39 is 0 Å². The van der Waals surface area contributed by atoms with Gasteiger partial charge >= 0.3 is 0 Å². The van der Waals surface area contributed by atoms with Gasteiger partial charge in [0.05, 0.1) is 5.52 Å². The number of carbonyl (C=O) groups excluding carboxylic acids is 1. The second-order valence-corrected chi connectivity index (χ2v) is 6.76. The molecule has 6 nitrogen and oxygen atoms in total. The minimum atomic E-state index is -0.130. The second kappa shape index (κ2) is 6.78. The number of nitrogens with one attached hydrogen (secondary N) is 1. The molecule has 0 radical (unpaired) electrons. The number of hydrogen-bond donors (Lipinski definition) is 1. The molecule has 1 saturated heterocycles. The molecule has 2 heterocycles. The van der Waals surface area contributed by atoms with Crippen molar-refractivity contribution in [2.24, 2.45) is 0 Å². The number of hydrogen-bond acceptors (Lipinski definition) is 4. The Morgan fingerprint density at radius 2 is 1.96 bits per heavy atom. The van der Waals surface area contributed by atoms with Crippen molar-refractivity contribution in [2.45, 2.75) is 33.2 Å². The molecular formula is C20H23N5O. The summed E-state index contributed by atoms with van der Waals surface area (Å²) in [7, 11) is 0. The molecule has 0 atom stereocenters. The average Bonchev–Trinajstić information content (AvgIpc) is 3.32. The Labute approximate surface area is 152 Å². The van der Waals surface area contributed by atoms with Crippen LogP contribution in [-0.2, 0) is 6.54 Å². The van der Waals surface area contributed by atoms with Gasteiger partial charge in [0, 0.05) is 36.6 Å². The van der Waals surface area contributed by atoms with E-state index >= 15 is 0 Å². The van der Waals surface area contributed by atoms with Crippen LogP contribution in [0.1, 0.15) is 35.7 Å². The van der Waals surface area contributed by atoms with Crippen molar-refractivity contribution in [2.75, 3.05) is 23.3 Å². The number of fused-ring (bicyclic) bond motifs is 1. The predicted octanol–water partition coefficient (Wildman–Crippen LogP) is 3.61. The van der Waals surface area contributed by atoms with Crippen molar-refractivity contribution in [1.29, 1.82) is 0 Å². The Kier molecular flexibility index (Phi) is 4.32. The van der Waals surface area contributed by atoms with Crippen molar-refractivity contribution in [3.8, 4) is 0 Å². The van der Waals surface area contributed by atoms with E-state index in [1.807, 2.05) is 36.7 Å². The number of benzene rings is 2. The van der Waals surface area contributed by atoms with Crippen molar-refractivity contribution < 1.29 is 4.79 Å². The van der Waals surface area contributed by atoms with Gasteiger partial charge in [-0.1, -0.05) is 5.21 Å². The fraction of sp³-hybridized carbons (Fsp3) is 0.350. The first-order valence-corrected chi connectivity index (χ1v) is 9.16. The third kappa shape index (κ3) is 3.03. The van der Waals surface area contributed by atoms with Crippen LogP contribution in [0.4, 0.5) is 11.4 Å². The summed E-state index contributed by atoms with van der Waals surface area (Å²) in [6, 6.07) is 11.7. The van der Waals surface area contributed by atoms with E-state index in [1.165, 1.54) is 18.5 Å². The fourth-order valence-corrected chi connectivity index (χ4v) is 3.50. The lowest BCUT2D eigenvalue weighted by Gasteiger charge is -2.19. The summed E-state index contributed by atoms with van der Waals surface area (Å²) in [5, 5.41) is 11.2. The van der Waals surface area contributed by atoms with E-state index in [2.05, 4.69) is 32.7 Å². The van der Waals surface area contributed by atoms with Crippen LogP contribution in [0, 0.1) is 6.92 Å². The van der Waals surface area contributed by atoms with Crippen molar-refractivity contribution in [3.05, 3.63) is 47.5 Å². The highest BCUT2D eigenvalue weighted by atomic mass is 16.1. The molecule has 1 aliphatic heterocycles. The van der Waals surface area contributed by atoms with Gasteiger partial charge in [0.25, 0.3) is 5.91 Å². The van der Waals surface area contributed by atoms with Crippen LogP contribution in [0.3, 0.4) is 0 Å². The van der Waals surface area contributed by atoms with Gasteiger partial charge in [-0.2, -0.15) is 0 Å². The maximum absolute atomic E-state index is 12.7.